The summed E-state index contributed by atoms with van der Waals surface area (Å²) in [5, 5.41) is 1.39. The van der Waals surface area contributed by atoms with Crippen LogP contribution in [0.15, 0.2) is 73.2 Å². The average Bonchev–Trinajstić information content (AvgIpc) is 3.19. The molecule has 204 valence electrons. The molecule has 0 saturated heterocycles. The lowest BCUT2D eigenvalue weighted by molar-refractivity contribution is -0.697. The lowest BCUT2D eigenvalue weighted by Crippen LogP contribution is -2.36. The third kappa shape index (κ3) is 5.81. The van der Waals surface area contributed by atoms with Crippen molar-refractivity contribution >= 4 is 10.9 Å². The number of aryl methyl sites for hydroxylation is 2. The van der Waals surface area contributed by atoms with Crippen LogP contribution in [0.25, 0.3) is 33.2 Å². The number of unbranched alkanes of at least 4 members (excludes halogenated alkanes) is 8. The molecule has 2 aromatic carbocycles. The van der Waals surface area contributed by atoms with Gasteiger partial charge in [-0.05, 0) is 47.2 Å². The van der Waals surface area contributed by atoms with E-state index < -0.39 is 0 Å². The first-order valence-electron chi connectivity index (χ1n) is 15.6. The van der Waals surface area contributed by atoms with Crippen molar-refractivity contribution < 1.29 is 9.13 Å². The molecule has 4 aromatic rings. The van der Waals surface area contributed by atoms with Crippen molar-refractivity contribution in [1.29, 1.82) is 0 Å². The highest BCUT2D eigenvalue weighted by molar-refractivity contribution is 5.99. The Morgan fingerprint density at radius 3 is 2.03 bits per heavy atom. The van der Waals surface area contributed by atoms with Crippen molar-refractivity contribution in [1.82, 2.24) is 0 Å². The monoisotopic (exact) mass is 520 g/mol. The normalized spacial score (nSPS) is 13.5. The van der Waals surface area contributed by atoms with Gasteiger partial charge in [0.1, 0.15) is 13.1 Å². The second kappa shape index (κ2) is 12.5. The maximum Gasteiger partial charge on any atom is 0.213 e. The zero-order valence-corrected chi connectivity index (χ0v) is 24.8. The Morgan fingerprint density at radius 1 is 0.641 bits per heavy atom. The summed E-state index contributed by atoms with van der Waals surface area (Å²) in [7, 11) is 0. The summed E-state index contributed by atoms with van der Waals surface area (Å²) in [6, 6.07) is 20.8. The molecule has 0 fully saturated rings. The van der Waals surface area contributed by atoms with Crippen molar-refractivity contribution in [2.75, 3.05) is 0 Å². The molecule has 0 bridgehead atoms. The van der Waals surface area contributed by atoms with Gasteiger partial charge in [-0.3, -0.25) is 0 Å². The van der Waals surface area contributed by atoms with Crippen molar-refractivity contribution in [2.24, 2.45) is 0 Å². The van der Waals surface area contributed by atoms with Crippen molar-refractivity contribution in [2.45, 2.75) is 110 Å². The fraction of sp³-hybridized carbons (Fsp3) is 0.459. The molecule has 2 heteroatoms. The van der Waals surface area contributed by atoms with Gasteiger partial charge in [0.15, 0.2) is 18.6 Å². The van der Waals surface area contributed by atoms with Gasteiger partial charge in [-0.2, -0.15) is 4.57 Å². The average molecular weight is 521 g/mol. The van der Waals surface area contributed by atoms with E-state index in [-0.39, 0.29) is 5.41 Å². The molecule has 2 nitrogen and oxygen atoms in total. The number of aromatic nitrogens is 2. The van der Waals surface area contributed by atoms with E-state index in [0.717, 1.165) is 13.1 Å². The number of nitrogens with zero attached hydrogens (tertiary/aromatic N) is 2. The number of hydrogen-bond acceptors (Lipinski definition) is 0. The summed E-state index contributed by atoms with van der Waals surface area (Å²) >= 11 is 0. The van der Waals surface area contributed by atoms with Crippen LogP contribution in [0.2, 0.25) is 0 Å². The van der Waals surface area contributed by atoms with Crippen LogP contribution in [0.1, 0.15) is 103 Å². The predicted molar refractivity (Wildman–Crippen MR) is 165 cm³/mol. The van der Waals surface area contributed by atoms with Crippen LogP contribution in [-0.2, 0) is 18.5 Å². The van der Waals surface area contributed by atoms with Crippen molar-refractivity contribution in [3.63, 3.8) is 0 Å². The first-order valence-corrected chi connectivity index (χ1v) is 15.6. The largest absolute Gasteiger partial charge is 0.213 e. The van der Waals surface area contributed by atoms with Gasteiger partial charge < -0.3 is 0 Å². The molecular formula is C37H48N2+2. The molecule has 0 spiro atoms. The molecule has 2 heterocycles. The minimum absolute atomic E-state index is 0.0259. The van der Waals surface area contributed by atoms with Gasteiger partial charge in [-0.1, -0.05) is 90.5 Å². The van der Waals surface area contributed by atoms with Gasteiger partial charge in [-0.25, -0.2) is 4.57 Å². The summed E-state index contributed by atoms with van der Waals surface area (Å²) in [6.45, 7) is 11.6. The van der Waals surface area contributed by atoms with Crippen LogP contribution < -0.4 is 9.13 Å². The van der Waals surface area contributed by atoms with Crippen LogP contribution in [0.5, 0.6) is 0 Å². The van der Waals surface area contributed by atoms with E-state index in [1.54, 1.807) is 0 Å². The fourth-order valence-corrected chi connectivity index (χ4v) is 6.51. The lowest BCUT2D eigenvalue weighted by Gasteiger charge is -2.21. The Hall–Kier alpha value is -3.00. The van der Waals surface area contributed by atoms with Crippen molar-refractivity contribution in [3.05, 3.63) is 84.3 Å². The van der Waals surface area contributed by atoms with Crippen LogP contribution >= 0.6 is 0 Å². The van der Waals surface area contributed by atoms with E-state index in [2.05, 4.69) is 110 Å². The zero-order chi connectivity index (χ0) is 27.2. The SMILES string of the molecule is CCCCCCC[n+]1ccc(-c2ccc3c(c2)C(C)(C)c2c[n+](CCCCCCC)c4ccccc4c2-3)cc1. The first-order chi connectivity index (χ1) is 19.0. The molecule has 0 aliphatic heterocycles. The smallest absolute Gasteiger partial charge is 0.205 e. The zero-order valence-electron chi connectivity index (χ0n) is 24.8. The van der Waals surface area contributed by atoms with Crippen LogP contribution in [0.3, 0.4) is 0 Å². The minimum atomic E-state index is -0.0259. The second-order valence-corrected chi connectivity index (χ2v) is 12.2. The third-order valence-electron chi connectivity index (χ3n) is 8.92. The molecule has 1 aliphatic carbocycles. The molecule has 2 aromatic heterocycles. The molecular weight excluding hydrogens is 472 g/mol. The number of hydrogen-bond donors (Lipinski definition) is 0. The number of benzene rings is 2. The van der Waals surface area contributed by atoms with E-state index >= 15 is 0 Å². The molecule has 0 saturated carbocycles. The van der Waals surface area contributed by atoms with Crippen molar-refractivity contribution in [3.8, 4) is 22.3 Å². The number of fused-ring (bicyclic) bond motifs is 5. The molecule has 0 unspecified atom stereocenters. The van der Waals surface area contributed by atoms with Gasteiger partial charge in [0, 0.05) is 47.6 Å². The van der Waals surface area contributed by atoms with Gasteiger partial charge in [-0.15, -0.1) is 0 Å². The highest BCUT2D eigenvalue weighted by atomic mass is 14.9. The maximum atomic E-state index is 2.53. The van der Waals surface area contributed by atoms with Gasteiger partial charge in [0.25, 0.3) is 0 Å². The van der Waals surface area contributed by atoms with E-state index in [0.29, 0.717) is 0 Å². The standard InChI is InChI=1S/C37H48N2/c1-5-7-9-11-15-23-38-25-21-29(22-26-38)30-19-20-31-33(27-30)37(3,4)34-28-39(24-16-12-10-8-6-2)35-18-14-13-17-32(35)36(31)34/h13-14,17-22,25-28H,5-12,15-16,23-24H2,1-4H3/q+2. The summed E-state index contributed by atoms with van der Waals surface area (Å²) in [5.74, 6) is 0. The Balaban J connectivity index is 1.42. The van der Waals surface area contributed by atoms with Gasteiger partial charge >= 0.3 is 0 Å². The van der Waals surface area contributed by atoms with Crippen LogP contribution in [0.4, 0.5) is 0 Å². The first kappa shape index (κ1) is 27.6. The van der Waals surface area contributed by atoms with Crippen LogP contribution in [-0.4, -0.2) is 0 Å². The Kier molecular flexibility index (Phi) is 8.80. The van der Waals surface area contributed by atoms with Gasteiger partial charge in [0.05, 0.1) is 5.39 Å². The number of pyridine rings is 2. The lowest BCUT2D eigenvalue weighted by atomic mass is 9.82. The number of rotatable bonds is 13. The predicted octanol–water partition coefficient (Wildman–Crippen LogP) is 9.33. The van der Waals surface area contributed by atoms with E-state index in [1.165, 1.54) is 108 Å². The Morgan fingerprint density at radius 2 is 1.31 bits per heavy atom. The molecule has 0 radical (unpaired) electrons. The highest BCUT2D eigenvalue weighted by Crippen LogP contribution is 2.51. The summed E-state index contributed by atoms with van der Waals surface area (Å²) in [5.41, 5.74) is 9.72. The Bertz CT molecular complexity index is 1400. The molecule has 39 heavy (non-hydrogen) atoms. The summed E-state index contributed by atoms with van der Waals surface area (Å²) in [4.78, 5) is 0. The molecule has 0 amide bonds. The summed E-state index contributed by atoms with van der Waals surface area (Å²) < 4.78 is 4.88. The van der Waals surface area contributed by atoms with Gasteiger partial charge in [0.2, 0.25) is 5.52 Å². The molecule has 0 N–H and O–H groups in total. The Labute approximate surface area is 236 Å². The van der Waals surface area contributed by atoms with E-state index in [9.17, 15) is 0 Å². The maximum absolute atomic E-state index is 2.53. The third-order valence-corrected chi connectivity index (χ3v) is 8.92. The van der Waals surface area contributed by atoms with E-state index in [1.807, 2.05) is 0 Å². The highest BCUT2D eigenvalue weighted by Gasteiger charge is 2.39. The van der Waals surface area contributed by atoms with E-state index in [4.69, 9.17) is 0 Å². The molecule has 5 rings (SSSR count). The quantitative estimate of drug-likeness (QED) is 0.123. The molecule has 1 aliphatic rings. The summed E-state index contributed by atoms with van der Waals surface area (Å²) in [6.07, 6.45) is 20.2. The number of para-hydroxylation sites is 1. The topological polar surface area (TPSA) is 7.76 Å². The fourth-order valence-electron chi connectivity index (χ4n) is 6.51. The molecule has 0 atom stereocenters. The van der Waals surface area contributed by atoms with Crippen LogP contribution in [0, 0.1) is 0 Å². The minimum Gasteiger partial charge on any atom is -0.205 e. The second-order valence-electron chi connectivity index (χ2n) is 12.2.